The lowest BCUT2D eigenvalue weighted by Gasteiger charge is -2.39. The molecule has 1 aromatic rings. The maximum Gasteiger partial charge on any atom is 0.326 e. The lowest BCUT2D eigenvalue weighted by molar-refractivity contribution is -0.153. The normalized spacial score (nSPS) is 17.8. The van der Waals surface area contributed by atoms with E-state index in [1.54, 1.807) is 4.90 Å². The van der Waals surface area contributed by atoms with E-state index < -0.39 is 18.1 Å². The van der Waals surface area contributed by atoms with Crippen LogP contribution < -0.4 is 0 Å². The van der Waals surface area contributed by atoms with Crippen LogP contribution in [0.1, 0.15) is 38.3 Å². The van der Waals surface area contributed by atoms with Gasteiger partial charge in [-0.25, -0.2) is 4.79 Å². The molecule has 1 aliphatic heterocycles. The molecule has 6 nitrogen and oxygen atoms in total. The van der Waals surface area contributed by atoms with Crippen LogP contribution in [0.25, 0.3) is 0 Å². The summed E-state index contributed by atoms with van der Waals surface area (Å²) in [6.07, 6.45) is 0.777. The third-order valence-electron chi connectivity index (χ3n) is 4.72. The molecule has 1 N–H and O–H groups in total. The summed E-state index contributed by atoms with van der Waals surface area (Å²) in [5.74, 6) is -1.27. The molecule has 2 amide bonds. The number of carboxylic acids is 1. The summed E-state index contributed by atoms with van der Waals surface area (Å²) in [4.78, 5) is 39.7. The molecule has 6 heteroatoms. The fourth-order valence-corrected chi connectivity index (χ4v) is 3.06. The molecule has 0 saturated heterocycles. The minimum absolute atomic E-state index is 0.0702. The van der Waals surface area contributed by atoms with Crippen molar-refractivity contribution >= 4 is 17.8 Å². The second kappa shape index (κ2) is 7.68. The number of nitrogens with zero attached hydrogens (tertiary/aromatic N) is 2. The predicted octanol–water partition coefficient (Wildman–Crippen LogP) is 1.92. The molecule has 0 radical (unpaired) electrons. The number of amides is 2. The molecular weight excluding hydrogens is 320 g/mol. The van der Waals surface area contributed by atoms with E-state index in [9.17, 15) is 19.5 Å². The van der Waals surface area contributed by atoms with Gasteiger partial charge in [0.25, 0.3) is 0 Å². The van der Waals surface area contributed by atoms with Gasteiger partial charge in [0.1, 0.15) is 12.1 Å². The number of hydrogen-bond acceptors (Lipinski definition) is 3. The van der Waals surface area contributed by atoms with Crippen molar-refractivity contribution in [2.45, 2.75) is 52.2 Å². The molecule has 136 valence electrons. The van der Waals surface area contributed by atoms with Gasteiger partial charge in [-0.1, -0.05) is 38.1 Å². The quantitative estimate of drug-likeness (QED) is 0.883. The Hall–Kier alpha value is -2.37. The SMILES string of the molecule is CC(C)CC(=O)N1Cc2ccccc2CC1C(=O)N(C)C(C)C(=O)O. The molecule has 2 unspecified atom stereocenters. The lowest BCUT2D eigenvalue weighted by atomic mass is 9.92. The van der Waals surface area contributed by atoms with Gasteiger partial charge in [-0.05, 0) is 24.0 Å². The van der Waals surface area contributed by atoms with Crippen molar-refractivity contribution in [1.29, 1.82) is 0 Å². The number of carbonyl (C=O) groups excluding carboxylic acids is 2. The van der Waals surface area contributed by atoms with Gasteiger partial charge >= 0.3 is 5.97 Å². The monoisotopic (exact) mass is 346 g/mol. The molecule has 0 fully saturated rings. The second-order valence-electron chi connectivity index (χ2n) is 7.07. The van der Waals surface area contributed by atoms with E-state index in [1.807, 2.05) is 38.1 Å². The van der Waals surface area contributed by atoms with Crippen LogP contribution in [0.3, 0.4) is 0 Å². The molecule has 0 saturated carbocycles. The zero-order chi connectivity index (χ0) is 18.7. The van der Waals surface area contributed by atoms with Gasteiger partial charge < -0.3 is 14.9 Å². The largest absolute Gasteiger partial charge is 0.480 e. The Morgan fingerprint density at radius 3 is 2.36 bits per heavy atom. The Morgan fingerprint density at radius 2 is 1.80 bits per heavy atom. The van der Waals surface area contributed by atoms with Gasteiger partial charge in [0.05, 0.1) is 0 Å². The molecule has 0 spiro atoms. The summed E-state index contributed by atoms with van der Waals surface area (Å²) in [6, 6.07) is 6.16. The zero-order valence-electron chi connectivity index (χ0n) is 15.2. The van der Waals surface area contributed by atoms with Crippen LogP contribution in [0.2, 0.25) is 0 Å². The summed E-state index contributed by atoms with van der Waals surface area (Å²) in [5.41, 5.74) is 2.07. The van der Waals surface area contributed by atoms with E-state index >= 15 is 0 Å². The van der Waals surface area contributed by atoms with Crippen molar-refractivity contribution in [3.8, 4) is 0 Å². The molecule has 1 heterocycles. The van der Waals surface area contributed by atoms with E-state index in [1.165, 1.54) is 18.9 Å². The van der Waals surface area contributed by atoms with Crippen LogP contribution in [0.4, 0.5) is 0 Å². The average Bonchev–Trinajstić information content (AvgIpc) is 2.57. The molecule has 0 bridgehead atoms. The third kappa shape index (κ3) is 4.18. The first-order chi connectivity index (χ1) is 11.7. The van der Waals surface area contributed by atoms with Gasteiger partial charge in [-0.15, -0.1) is 0 Å². The number of benzene rings is 1. The smallest absolute Gasteiger partial charge is 0.326 e. The molecule has 2 atom stereocenters. The van der Waals surface area contributed by atoms with Crippen molar-refractivity contribution in [3.63, 3.8) is 0 Å². The summed E-state index contributed by atoms with van der Waals surface area (Å²) < 4.78 is 0. The van der Waals surface area contributed by atoms with Gasteiger partial charge in [0.2, 0.25) is 11.8 Å². The Balaban J connectivity index is 2.32. The summed E-state index contributed by atoms with van der Waals surface area (Å²) in [7, 11) is 1.48. The number of hydrogen-bond donors (Lipinski definition) is 1. The van der Waals surface area contributed by atoms with Gasteiger partial charge in [0, 0.05) is 26.4 Å². The number of likely N-dealkylation sites (N-methyl/N-ethyl adjacent to an activating group) is 1. The van der Waals surface area contributed by atoms with Crippen molar-refractivity contribution in [3.05, 3.63) is 35.4 Å². The van der Waals surface area contributed by atoms with Crippen LogP contribution >= 0.6 is 0 Å². The number of fused-ring (bicyclic) bond motifs is 1. The number of rotatable bonds is 5. The van der Waals surface area contributed by atoms with Crippen LogP contribution in [-0.2, 0) is 27.3 Å². The van der Waals surface area contributed by atoms with Crippen molar-refractivity contribution in [2.24, 2.45) is 5.92 Å². The molecular formula is C19H26N2O4. The Morgan fingerprint density at radius 1 is 1.20 bits per heavy atom. The molecule has 0 aliphatic carbocycles. The predicted molar refractivity (Wildman–Crippen MR) is 93.8 cm³/mol. The summed E-state index contributed by atoms with van der Waals surface area (Å²) >= 11 is 0. The molecule has 2 rings (SSSR count). The molecule has 1 aliphatic rings. The highest BCUT2D eigenvalue weighted by molar-refractivity contribution is 5.91. The number of carboxylic acid groups (broad SMARTS) is 1. The number of aliphatic carboxylic acids is 1. The highest BCUT2D eigenvalue weighted by Gasteiger charge is 2.37. The van der Waals surface area contributed by atoms with Crippen LogP contribution in [0.5, 0.6) is 0 Å². The highest BCUT2D eigenvalue weighted by Crippen LogP contribution is 2.26. The molecule has 25 heavy (non-hydrogen) atoms. The zero-order valence-corrected chi connectivity index (χ0v) is 15.2. The topological polar surface area (TPSA) is 77.9 Å². The fourth-order valence-electron chi connectivity index (χ4n) is 3.06. The van der Waals surface area contributed by atoms with E-state index in [0.717, 1.165) is 11.1 Å². The summed E-state index contributed by atoms with van der Waals surface area (Å²) in [6.45, 7) is 5.78. The summed E-state index contributed by atoms with van der Waals surface area (Å²) in [5, 5.41) is 9.18. The maximum atomic E-state index is 12.9. The van der Waals surface area contributed by atoms with Gasteiger partial charge in [0.15, 0.2) is 0 Å². The van der Waals surface area contributed by atoms with Crippen LogP contribution in [-0.4, -0.2) is 51.8 Å². The average molecular weight is 346 g/mol. The Kier molecular flexibility index (Phi) is 5.82. The van der Waals surface area contributed by atoms with Crippen LogP contribution in [0.15, 0.2) is 24.3 Å². The van der Waals surface area contributed by atoms with Crippen molar-refractivity contribution < 1.29 is 19.5 Å². The Labute approximate surface area is 148 Å². The Bertz CT molecular complexity index is 671. The van der Waals surface area contributed by atoms with E-state index in [0.29, 0.717) is 19.4 Å². The number of carbonyl (C=O) groups is 3. The van der Waals surface area contributed by atoms with E-state index in [2.05, 4.69) is 0 Å². The molecule has 0 aromatic heterocycles. The second-order valence-corrected chi connectivity index (χ2v) is 7.07. The van der Waals surface area contributed by atoms with E-state index in [-0.39, 0.29) is 17.7 Å². The highest BCUT2D eigenvalue weighted by atomic mass is 16.4. The minimum Gasteiger partial charge on any atom is -0.480 e. The first kappa shape index (κ1) is 19.0. The fraction of sp³-hybridized carbons (Fsp3) is 0.526. The third-order valence-corrected chi connectivity index (χ3v) is 4.72. The molecule has 1 aromatic carbocycles. The first-order valence-electron chi connectivity index (χ1n) is 8.58. The van der Waals surface area contributed by atoms with E-state index in [4.69, 9.17) is 0 Å². The standard InChI is InChI=1S/C19H26N2O4/c1-12(2)9-17(22)21-11-15-8-6-5-7-14(15)10-16(21)18(23)20(4)13(3)19(24)25/h5-8,12-13,16H,9-11H2,1-4H3,(H,24,25). The first-order valence-corrected chi connectivity index (χ1v) is 8.58. The lowest BCUT2D eigenvalue weighted by Crippen LogP contribution is -2.55. The van der Waals surface area contributed by atoms with Crippen molar-refractivity contribution in [1.82, 2.24) is 9.80 Å². The minimum atomic E-state index is -1.06. The van der Waals surface area contributed by atoms with Gasteiger partial charge in [-0.2, -0.15) is 0 Å². The maximum absolute atomic E-state index is 12.9. The van der Waals surface area contributed by atoms with Crippen molar-refractivity contribution in [2.75, 3.05) is 7.05 Å². The van der Waals surface area contributed by atoms with Gasteiger partial charge in [-0.3, -0.25) is 9.59 Å². The van der Waals surface area contributed by atoms with Crippen LogP contribution in [0, 0.1) is 5.92 Å².